The Morgan fingerprint density at radius 2 is 2.06 bits per heavy atom. The van der Waals surface area contributed by atoms with Gasteiger partial charge >= 0.3 is 0 Å². The van der Waals surface area contributed by atoms with Gasteiger partial charge in [0.25, 0.3) is 0 Å². The zero-order chi connectivity index (χ0) is 11.5. The van der Waals surface area contributed by atoms with Crippen molar-refractivity contribution in [2.24, 2.45) is 0 Å². The Morgan fingerprint density at radius 3 is 2.81 bits per heavy atom. The van der Waals surface area contributed by atoms with E-state index in [1.807, 2.05) is 12.1 Å². The molecule has 0 aliphatic carbocycles. The van der Waals surface area contributed by atoms with Gasteiger partial charge in [-0.05, 0) is 38.9 Å². The van der Waals surface area contributed by atoms with Crippen molar-refractivity contribution in [3.8, 4) is 0 Å². The highest BCUT2D eigenvalue weighted by Crippen LogP contribution is 2.23. The molecule has 2 unspecified atom stereocenters. The fraction of sp³-hybridized carbons (Fsp3) is 0.538. The molecule has 1 heterocycles. The maximum Gasteiger partial charge on any atom is 0.146 e. The predicted molar refractivity (Wildman–Crippen MR) is 65.3 cm³/mol. The Morgan fingerprint density at radius 1 is 1.31 bits per heavy atom. The van der Waals surface area contributed by atoms with Gasteiger partial charge in [-0.3, -0.25) is 0 Å². The average Bonchev–Trinajstić information content (AvgIpc) is 2.42. The summed E-state index contributed by atoms with van der Waals surface area (Å²) < 4.78 is 13.7. The third-order valence-electron chi connectivity index (χ3n) is 3.22. The van der Waals surface area contributed by atoms with E-state index in [0.717, 1.165) is 25.2 Å². The third-order valence-corrected chi connectivity index (χ3v) is 3.22. The van der Waals surface area contributed by atoms with Crippen LogP contribution in [0.25, 0.3) is 0 Å². The molecule has 0 saturated carbocycles. The van der Waals surface area contributed by atoms with Crippen LogP contribution in [0.2, 0.25) is 0 Å². The van der Waals surface area contributed by atoms with E-state index in [9.17, 15) is 4.39 Å². The highest BCUT2D eigenvalue weighted by Gasteiger charge is 2.22. The summed E-state index contributed by atoms with van der Waals surface area (Å²) in [5, 5.41) is 3.43. The van der Waals surface area contributed by atoms with Gasteiger partial charge in [-0.2, -0.15) is 0 Å². The van der Waals surface area contributed by atoms with E-state index in [-0.39, 0.29) is 5.82 Å². The molecule has 2 rings (SSSR count). The molecule has 1 N–H and O–H groups in total. The predicted octanol–water partition coefficient (Wildman–Crippen LogP) is 2.40. The number of hydrogen-bond acceptors (Lipinski definition) is 2. The number of nitrogens with zero attached hydrogens (tertiary/aromatic N) is 1. The maximum atomic E-state index is 13.7. The van der Waals surface area contributed by atoms with E-state index in [4.69, 9.17) is 0 Å². The van der Waals surface area contributed by atoms with Gasteiger partial charge in [0.2, 0.25) is 0 Å². The molecule has 1 aliphatic heterocycles. The van der Waals surface area contributed by atoms with Crippen molar-refractivity contribution in [2.75, 3.05) is 18.0 Å². The number of rotatable bonds is 1. The van der Waals surface area contributed by atoms with Gasteiger partial charge in [-0.25, -0.2) is 4.39 Å². The lowest BCUT2D eigenvalue weighted by Gasteiger charge is -2.30. The Labute approximate surface area is 96.5 Å². The van der Waals surface area contributed by atoms with E-state index in [2.05, 4.69) is 24.1 Å². The van der Waals surface area contributed by atoms with Crippen LogP contribution in [-0.4, -0.2) is 25.2 Å². The standard InChI is InChI=1S/C13H19FN2/c1-10-9-16(11(2)7-8-15-10)13-6-4-3-5-12(13)14/h3-6,10-11,15H,7-9H2,1-2H3. The minimum absolute atomic E-state index is 0.122. The Hall–Kier alpha value is -1.09. The Balaban J connectivity index is 2.26. The quantitative estimate of drug-likeness (QED) is 0.785. The zero-order valence-electron chi connectivity index (χ0n) is 9.91. The normalized spacial score (nSPS) is 26.6. The summed E-state index contributed by atoms with van der Waals surface area (Å²) in [5.41, 5.74) is 0.727. The number of hydrogen-bond donors (Lipinski definition) is 1. The molecule has 2 nitrogen and oxygen atoms in total. The van der Waals surface area contributed by atoms with E-state index in [1.165, 1.54) is 6.07 Å². The van der Waals surface area contributed by atoms with Gasteiger partial charge in [-0.15, -0.1) is 0 Å². The first-order valence-corrected chi connectivity index (χ1v) is 5.93. The lowest BCUT2D eigenvalue weighted by Crippen LogP contribution is -2.39. The average molecular weight is 222 g/mol. The van der Waals surface area contributed by atoms with Gasteiger partial charge in [0.15, 0.2) is 0 Å². The molecule has 0 aromatic heterocycles. The van der Waals surface area contributed by atoms with Crippen LogP contribution >= 0.6 is 0 Å². The van der Waals surface area contributed by atoms with Crippen LogP contribution in [0.1, 0.15) is 20.3 Å². The summed E-state index contributed by atoms with van der Waals surface area (Å²) in [5.74, 6) is -0.122. The second kappa shape index (κ2) is 4.83. The lowest BCUT2D eigenvalue weighted by atomic mass is 10.1. The van der Waals surface area contributed by atoms with Crippen molar-refractivity contribution in [1.82, 2.24) is 5.32 Å². The van der Waals surface area contributed by atoms with Crippen molar-refractivity contribution in [3.63, 3.8) is 0 Å². The first-order chi connectivity index (χ1) is 7.68. The first-order valence-electron chi connectivity index (χ1n) is 5.93. The lowest BCUT2D eigenvalue weighted by molar-refractivity contribution is 0.573. The molecule has 3 heteroatoms. The summed E-state index contributed by atoms with van der Waals surface area (Å²) in [6.07, 6.45) is 1.05. The van der Waals surface area contributed by atoms with Crippen LogP contribution < -0.4 is 10.2 Å². The van der Waals surface area contributed by atoms with Crippen LogP contribution in [0, 0.1) is 5.82 Å². The molecule has 1 aliphatic rings. The van der Waals surface area contributed by atoms with Crippen LogP contribution in [0.3, 0.4) is 0 Å². The molecular formula is C13H19FN2. The molecule has 0 spiro atoms. The molecule has 1 aromatic rings. The minimum Gasteiger partial charge on any atom is -0.365 e. The second-order valence-corrected chi connectivity index (χ2v) is 4.60. The monoisotopic (exact) mass is 222 g/mol. The Bertz CT molecular complexity index is 354. The number of nitrogens with one attached hydrogen (secondary N) is 1. The summed E-state index contributed by atoms with van der Waals surface area (Å²) in [7, 11) is 0. The fourth-order valence-electron chi connectivity index (χ4n) is 2.25. The molecule has 1 fully saturated rings. The van der Waals surface area contributed by atoms with E-state index in [0.29, 0.717) is 12.1 Å². The van der Waals surface area contributed by atoms with Crippen LogP contribution in [0.4, 0.5) is 10.1 Å². The summed E-state index contributed by atoms with van der Waals surface area (Å²) in [6.45, 7) is 6.17. The van der Waals surface area contributed by atoms with E-state index < -0.39 is 0 Å². The van der Waals surface area contributed by atoms with Gasteiger partial charge in [0.1, 0.15) is 5.82 Å². The summed E-state index contributed by atoms with van der Waals surface area (Å²) in [4.78, 5) is 2.17. The fourth-order valence-corrected chi connectivity index (χ4v) is 2.25. The largest absolute Gasteiger partial charge is 0.365 e. The highest BCUT2D eigenvalue weighted by atomic mass is 19.1. The molecule has 0 radical (unpaired) electrons. The SMILES string of the molecule is CC1CN(c2ccccc2F)C(C)CCN1. The highest BCUT2D eigenvalue weighted by molar-refractivity contribution is 5.48. The van der Waals surface area contributed by atoms with Gasteiger partial charge in [0.05, 0.1) is 5.69 Å². The topological polar surface area (TPSA) is 15.3 Å². The van der Waals surface area contributed by atoms with Gasteiger partial charge in [-0.1, -0.05) is 12.1 Å². The molecule has 0 amide bonds. The van der Waals surface area contributed by atoms with Crippen LogP contribution in [0.5, 0.6) is 0 Å². The number of para-hydroxylation sites is 1. The zero-order valence-corrected chi connectivity index (χ0v) is 9.91. The van der Waals surface area contributed by atoms with Crippen molar-refractivity contribution in [3.05, 3.63) is 30.1 Å². The minimum atomic E-state index is -0.122. The second-order valence-electron chi connectivity index (χ2n) is 4.60. The smallest absolute Gasteiger partial charge is 0.146 e. The summed E-state index contributed by atoms with van der Waals surface area (Å²) in [6, 6.07) is 7.82. The van der Waals surface area contributed by atoms with Gasteiger partial charge < -0.3 is 10.2 Å². The number of anilines is 1. The number of halogens is 1. The molecule has 1 saturated heterocycles. The van der Waals surface area contributed by atoms with Crippen molar-refractivity contribution < 1.29 is 4.39 Å². The van der Waals surface area contributed by atoms with E-state index in [1.54, 1.807) is 6.07 Å². The summed E-state index contributed by atoms with van der Waals surface area (Å²) >= 11 is 0. The molecule has 16 heavy (non-hydrogen) atoms. The number of benzene rings is 1. The first kappa shape index (κ1) is 11.4. The molecule has 0 bridgehead atoms. The van der Waals surface area contributed by atoms with Crippen molar-refractivity contribution in [2.45, 2.75) is 32.4 Å². The van der Waals surface area contributed by atoms with E-state index >= 15 is 0 Å². The third kappa shape index (κ3) is 2.35. The molecule has 88 valence electrons. The van der Waals surface area contributed by atoms with Crippen molar-refractivity contribution >= 4 is 5.69 Å². The molecule has 2 atom stereocenters. The van der Waals surface area contributed by atoms with Crippen LogP contribution in [-0.2, 0) is 0 Å². The van der Waals surface area contributed by atoms with Crippen LogP contribution in [0.15, 0.2) is 24.3 Å². The Kier molecular flexibility index (Phi) is 3.44. The van der Waals surface area contributed by atoms with Gasteiger partial charge in [0, 0.05) is 18.6 Å². The molecule has 1 aromatic carbocycles. The maximum absolute atomic E-state index is 13.7. The van der Waals surface area contributed by atoms with Crippen molar-refractivity contribution in [1.29, 1.82) is 0 Å². The molecular weight excluding hydrogens is 203 g/mol.